The Labute approximate surface area is 165 Å². The molecule has 0 bridgehead atoms. The molecular formula is C18H17ClN4OS2. The zero-order chi connectivity index (χ0) is 18.2. The Kier molecular flexibility index (Phi) is 6.88. The molecule has 1 amide bonds. The summed E-state index contributed by atoms with van der Waals surface area (Å²) in [5.74, 6) is 0.303. The fraction of sp³-hybridized carbons (Fsp3) is 0.167. The first-order chi connectivity index (χ1) is 12.7. The fourth-order valence-electron chi connectivity index (χ4n) is 2.14. The van der Waals surface area contributed by atoms with E-state index in [0.29, 0.717) is 22.5 Å². The lowest BCUT2D eigenvalue weighted by atomic mass is 10.1. The summed E-state index contributed by atoms with van der Waals surface area (Å²) in [5, 5.41) is 15.7. The Morgan fingerprint density at radius 2 is 1.85 bits per heavy atom. The minimum atomic E-state index is -0.0169. The van der Waals surface area contributed by atoms with Gasteiger partial charge in [-0.05, 0) is 36.2 Å². The smallest absolute Gasteiger partial charge is 0.230 e. The molecule has 1 aromatic heterocycles. The fourth-order valence-corrected chi connectivity index (χ4v) is 3.87. The number of hydrogen-bond acceptors (Lipinski definition) is 6. The Bertz CT molecular complexity index is 840. The van der Waals surface area contributed by atoms with Gasteiger partial charge in [0.2, 0.25) is 11.0 Å². The van der Waals surface area contributed by atoms with Crippen molar-refractivity contribution in [1.82, 2.24) is 15.5 Å². The van der Waals surface area contributed by atoms with Crippen LogP contribution in [0, 0.1) is 0 Å². The summed E-state index contributed by atoms with van der Waals surface area (Å²) < 4.78 is 0.760. The Hall–Kier alpha value is -2.09. The second-order valence-electron chi connectivity index (χ2n) is 5.38. The predicted molar refractivity (Wildman–Crippen MR) is 109 cm³/mol. The molecular weight excluding hydrogens is 388 g/mol. The van der Waals surface area contributed by atoms with Crippen LogP contribution in [0.5, 0.6) is 0 Å². The molecule has 3 aromatic rings. The van der Waals surface area contributed by atoms with Crippen LogP contribution in [0.2, 0.25) is 5.02 Å². The molecule has 8 heteroatoms. The van der Waals surface area contributed by atoms with E-state index in [1.54, 1.807) is 0 Å². The number of thioether (sulfide) groups is 1. The number of anilines is 2. The van der Waals surface area contributed by atoms with Crippen molar-refractivity contribution in [2.75, 3.05) is 17.6 Å². The van der Waals surface area contributed by atoms with Crippen LogP contribution in [-0.2, 0) is 11.2 Å². The molecule has 5 nitrogen and oxygen atoms in total. The van der Waals surface area contributed by atoms with Crippen molar-refractivity contribution in [2.24, 2.45) is 0 Å². The molecule has 134 valence electrons. The van der Waals surface area contributed by atoms with Crippen molar-refractivity contribution in [3.63, 3.8) is 0 Å². The monoisotopic (exact) mass is 404 g/mol. The first-order valence-corrected chi connectivity index (χ1v) is 10.2. The van der Waals surface area contributed by atoms with Crippen LogP contribution in [-0.4, -0.2) is 28.4 Å². The Morgan fingerprint density at radius 3 is 2.62 bits per heavy atom. The van der Waals surface area contributed by atoms with Crippen molar-refractivity contribution in [2.45, 2.75) is 10.8 Å². The second kappa shape index (κ2) is 9.56. The van der Waals surface area contributed by atoms with Gasteiger partial charge >= 0.3 is 0 Å². The third-order valence-corrected chi connectivity index (χ3v) is 5.63. The predicted octanol–water partition coefficient (Wildman–Crippen LogP) is 4.39. The summed E-state index contributed by atoms with van der Waals surface area (Å²) >= 11 is 8.67. The van der Waals surface area contributed by atoms with Crippen LogP contribution in [0.15, 0.2) is 58.9 Å². The molecule has 0 aliphatic carbocycles. The third-order valence-electron chi connectivity index (χ3n) is 3.41. The van der Waals surface area contributed by atoms with Gasteiger partial charge in [0.25, 0.3) is 0 Å². The van der Waals surface area contributed by atoms with Crippen molar-refractivity contribution < 1.29 is 4.79 Å². The number of benzene rings is 2. The standard InChI is InChI=1S/C18H17ClN4OS2/c19-14-8-6-13(7-9-14)10-11-20-16(24)12-25-18-23-22-17(26-18)21-15-4-2-1-3-5-15/h1-9H,10-12H2,(H,20,24)(H,21,22). The van der Waals surface area contributed by atoms with Crippen molar-refractivity contribution >= 4 is 51.4 Å². The van der Waals surface area contributed by atoms with Gasteiger partial charge < -0.3 is 10.6 Å². The number of amides is 1. The molecule has 0 unspecified atom stereocenters. The first-order valence-electron chi connectivity index (χ1n) is 7.98. The summed E-state index contributed by atoms with van der Waals surface area (Å²) in [6.07, 6.45) is 0.775. The molecule has 2 N–H and O–H groups in total. The topological polar surface area (TPSA) is 66.9 Å². The maximum absolute atomic E-state index is 11.9. The van der Waals surface area contributed by atoms with E-state index < -0.39 is 0 Å². The zero-order valence-corrected chi connectivity index (χ0v) is 16.2. The minimum absolute atomic E-state index is 0.0169. The molecule has 0 atom stereocenters. The van der Waals surface area contributed by atoms with Crippen molar-refractivity contribution in [3.05, 3.63) is 65.2 Å². The van der Waals surface area contributed by atoms with E-state index >= 15 is 0 Å². The summed E-state index contributed by atoms with van der Waals surface area (Å²) in [4.78, 5) is 11.9. The summed E-state index contributed by atoms with van der Waals surface area (Å²) in [5.41, 5.74) is 2.10. The van der Waals surface area contributed by atoms with E-state index in [2.05, 4.69) is 20.8 Å². The third kappa shape index (κ3) is 6.01. The highest BCUT2D eigenvalue weighted by atomic mass is 35.5. The van der Waals surface area contributed by atoms with E-state index in [1.807, 2.05) is 54.6 Å². The highest BCUT2D eigenvalue weighted by Crippen LogP contribution is 2.27. The highest BCUT2D eigenvalue weighted by molar-refractivity contribution is 8.01. The number of halogens is 1. The quantitative estimate of drug-likeness (QED) is 0.545. The van der Waals surface area contributed by atoms with Crippen LogP contribution in [0.4, 0.5) is 10.8 Å². The molecule has 3 rings (SSSR count). The molecule has 0 fully saturated rings. The van der Waals surface area contributed by atoms with Gasteiger partial charge in [-0.15, -0.1) is 10.2 Å². The van der Waals surface area contributed by atoms with Gasteiger partial charge in [0.05, 0.1) is 5.75 Å². The first kappa shape index (κ1) is 18.7. The van der Waals surface area contributed by atoms with Gasteiger partial charge in [0.1, 0.15) is 0 Å². The van der Waals surface area contributed by atoms with Crippen LogP contribution in [0.1, 0.15) is 5.56 Å². The Morgan fingerprint density at radius 1 is 1.08 bits per heavy atom. The number of carbonyl (C=O) groups is 1. The molecule has 0 aliphatic rings. The molecule has 0 aliphatic heterocycles. The molecule has 26 heavy (non-hydrogen) atoms. The summed E-state index contributed by atoms with van der Waals surface area (Å²) in [6.45, 7) is 0.595. The van der Waals surface area contributed by atoms with Gasteiger partial charge in [0, 0.05) is 17.3 Å². The van der Waals surface area contributed by atoms with Crippen LogP contribution in [0.25, 0.3) is 0 Å². The Balaban J connectivity index is 1.38. The number of carbonyl (C=O) groups excluding carboxylic acids is 1. The van der Waals surface area contributed by atoms with E-state index in [9.17, 15) is 4.79 Å². The molecule has 0 saturated carbocycles. The SMILES string of the molecule is O=C(CSc1nnc(Nc2ccccc2)s1)NCCc1ccc(Cl)cc1. The van der Waals surface area contributed by atoms with Gasteiger partial charge in [0.15, 0.2) is 4.34 Å². The average molecular weight is 405 g/mol. The van der Waals surface area contributed by atoms with Gasteiger partial charge in [-0.1, -0.05) is 65.0 Å². The van der Waals surface area contributed by atoms with E-state index in [0.717, 1.165) is 22.0 Å². The van der Waals surface area contributed by atoms with Crippen LogP contribution >= 0.6 is 34.7 Å². The summed E-state index contributed by atoms with van der Waals surface area (Å²) in [6, 6.07) is 17.4. The number of nitrogens with one attached hydrogen (secondary N) is 2. The van der Waals surface area contributed by atoms with Crippen molar-refractivity contribution in [1.29, 1.82) is 0 Å². The number of para-hydroxylation sites is 1. The summed E-state index contributed by atoms with van der Waals surface area (Å²) in [7, 11) is 0. The number of nitrogens with zero attached hydrogens (tertiary/aromatic N) is 2. The second-order valence-corrected chi connectivity index (χ2v) is 8.02. The lowest BCUT2D eigenvalue weighted by Gasteiger charge is -2.04. The number of rotatable bonds is 8. The van der Waals surface area contributed by atoms with Crippen LogP contribution in [0.3, 0.4) is 0 Å². The lowest BCUT2D eigenvalue weighted by Crippen LogP contribution is -2.27. The van der Waals surface area contributed by atoms with Crippen molar-refractivity contribution in [3.8, 4) is 0 Å². The van der Waals surface area contributed by atoms with Gasteiger partial charge in [-0.3, -0.25) is 4.79 Å². The maximum atomic E-state index is 11.9. The van der Waals surface area contributed by atoms with Gasteiger partial charge in [-0.2, -0.15) is 0 Å². The highest BCUT2D eigenvalue weighted by Gasteiger charge is 2.08. The van der Waals surface area contributed by atoms with E-state index in [1.165, 1.54) is 23.1 Å². The molecule has 0 radical (unpaired) electrons. The van der Waals surface area contributed by atoms with Gasteiger partial charge in [-0.25, -0.2) is 0 Å². The molecule has 0 spiro atoms. The van der Waals surface area contributed by atoms with E-state index in [4.69, 9.17) is 11.6 Å². The average Bonchev–Trinajstić information content (AvgIpc) is 3.10. The van der Waals surface area contributed by atoms with E-state index in [-0.39, 0.29) is 5.91 Å². The molecule has 0 saturated heterocycles. The number of hydrogen-bond donors (Lipinski definition) is 2. The van der Waals surface area contributed by atoms with Crippen LogP contribution < -0.4 is 10.6 Å². The normalized spacial score (nSPS) is 10.5. The molecule has 1 heterocycles. The largest absolute Gasteiger partial charge is 0.355 e. The maximum Gasteiger partial charge on any atom is 0.230 e. The number of aromatic nitrogens is 2. The minimum Gasteiger partial charge on any atom is -0.355 e. The molecule has 2 aromatic carbocycles. The lowest BCUT2D eigenvalue weighted by molar-refractivity contribution is -0.118. The zero-order valence-electron chi connectivity index (χ0n) is 13.8.